The zero-order chi connectivity index (χ0) is 21.0. The number of rotatable bonds is 12. The fraction of sp³-hybridized carbons (Fsp3) is 0.850. The summed E-state index contributed by atoms with van der Waals surface area (Å²) in [5.41, 5.74) is 0. The van der Waals surface area contributed by atoms with Gasteiger partial charge in [0.2, 0.25) is 0 Å². The molecule has 0 aromatic carbocycles. The molecular formula is C20H38N2O6. The topological polar surface area (TPSA) is 116 Å². The van der Waals surface area contributed by atoms with E-state index in [-0.39, 0.29) is 6.09 Å². The largest absolute Gasteiger partial charge is 0.473 e. The fourth-order valence-corrected chi connectivity index (χ4v) is 2.93. The maximum atomic E-state index is 11.5. The van der Waals surface area contributed by atoms with Gasteiger partial charge in [0, 0.05) is 6.54 Å². The summed E-state index contributed by atoms with van der Waals surface area (Å²) in [6.07, 6.45) is 13.4. The highest BCUT2D eigenvalue weighted by molar-refractivity contribution is 6.27. The van der Waals surface area contributed by atoms with Crippen molar-refractivity contribution in [1.29, 1.82) is 0 Å². The van der Waals surface area contributed by atoms with E-state index in [0.29, 0.717) is 6.61 Å². The van der Waals surface area contributed by atoms with Crippen molar-refractivity contribution in [3.05, 3.63) is 0 Å². The highest BCUT2D eigenvalue weighted by atomic mass is 16.5. The summed E-state index contributed by atoms with van der Waals surface area (Å²) in [4.78, 5) is 32.2. The molecule has 0 aliphatic carbocycles. The van der Waals surface area contributed by atoms with Crippen LogP contribution in [0.2, 0.25) is 0 Å². The molecule has 0 saturated carbocycles. The average molecular weight is 403 g/mol. The lowest BCUT2D eigenvalue weighted by Gasteiger charge is -2.26. The molecule has 1 heterocycles. The number of carbonyl (C=O) groups is 3. The Kier molecular flexibility index (Phi) is 17.3. The van der Waals surface area contributed by atoms with Gasteiger partial charge in [0.1, 0.15) is 0 Å². The number of nitrogens with one attached hydrogen (secondary N) is 1. The minimum Gasteiger partial charge on any atom is -0.473 e. The minimum absolute atomic E-state index is 0.244. The Hall–Kier alpha value is -1.83. The predicted molar refractivity (Wildman–Crippen MR) is 108 cm³/mol. The van der Waals surface area contributed by atoms with Crippen LogP contribution in [0.1, 0.15) is 77.6 Å². The molecule has 1 saturated heterocycles. The van der Waals surface area contributed by atoms with Crippen LogP contribution in [-0.4, -0.2) is 65.9 Å². The molecule has 0 bridgehead atoms. The van der Waals surface area contributed by atoms with E-state index in [1.807, 2.05) is 0 Å². The molecule has 0 radical (unpaired) electrons. The first-order valence-electron chi connectivity index (χ1n) is 10.6. The number of amides is 1. The molecule has 0 aromatic heterocycles. The molecule has 3 N–H and O–H groups in total. The number of hydrogen-bond donors (Lipinski definition) is 3. The lowest BCUT2D eigenvalue weighted by molar-refractivity contribution is -0.159. The first-order valence-corrected chi connectivity index (χ1v) is 10.6. The van der Waals surface area contributed by atoms with Gasteiger partial charge in [0.15, 0.2) is 0 Å². The molecule has 8 nitrogen and oxygen atoms in total. The van der Waals surface area contributed by atoms with Crippen molar-refractivity contribution < 1.29 is 29.3 Å². The molecule has 1 aliphatic rings. The second-order valence-corrected chi connectivity index (χ2v) is 7.05. The SMILES string of the molecule is CCCCCCCCNC(=O)OCCCCN1CCCCC1.O=C(O)C(=O)O. The molecule has 1 aliphatic heterocycles. The molecule has 1 amide bonds. The standard InChI is InChI=1S/C18H36N2O2.C2H2O4/c1-2-3-4-5-6-8-13-19-18(21)22-17-12-11-16-20-14-9-7-10-15-20;3-1(4)2(5)6/h2-17H2,1H3,(H,19,21);(H,3,4)(H,5,6). The van der Waals surface area contributed by atoms with Crippen LogP contribution >= 0.6 is 0 Å². The number of carboxylic acids is 2. The smallest absolute Gasteiger partial charge is 0.414 e. The van der Waals surface area contributed by atoms with E-state index in [0.717, 1.165) is 32.4 Å². The summed E-state index contributed by atoms with van der Waals surface area (Å²) in [5.74, 6) is -3.65. The summed E-state index contributed by atoms with van der Waals surface area (Å²) in [6, 6.07) is 0. The number of ether oxygens (including phenoxy) is 1. The number of piperidine rings is 1. The van der Waals surface area contributed by atoms with Crippen LogP contribution < -0.4 is 5.32 Å². The Morgan fingerprint density at radius 3 is 2.07 bits per heavy atom. The third-order valence-corrected chi connectivity index (χ3v) is 4.53. The Labute approximate surface area is 168 Å². The second kappa shape index (κ2) is 18.5. The number of likely N-dealkylation sites (tertiary alicyclic amines) is 1. The zero-order valence-corrected chi connectivity index (χ0v) is 17.3. The fourth-order valence-electron chi connectivity index (χ4n) is 2.93. The highest BCUT2D eigenvalue weighted by Crippen LogP contribution is 2.09. The van der Waals surface area contributed by atoms with Crippen molar-refractivity contribution in [3.8, 4) is 0 Å². The van der Waals surface area contributed by atoms with Gasteiger partial charge in [-0.1, -0.05) is 45.4 Å². The first kappa shape index (κ1) is 26.2. The van der Waals surface area contributed by atoms with Gasteiger partial charge >= 0.3 is 18.0 Å². The van der Waals surface area contributed by atoms with Crippen molar-refractivity contribution >= 4 is 18.0 Å². The molecule has 0 unspecified atom stereocenters. The van der Waals surface area contributed by atoms with Crippen LogP contribution in [0, 0.1) is 0 Å². The van der Waals surface area contributed by atoms with Crippen molar-refractivity contribution in [2.75, 3.05) is 32.8 Å². The van der Waals surface area contributed by atoms with Crippen LogP contribution in [0.15, 0.2) is 0 Å². The maximum Gasteiger partial charge on any atom is 0.414 e. The van der Waals surface area contributed by atoms with Crippen LogP contribution in [0.25, 0.3) is 0 Å². The van der Waals surface area contributed by atoms with Gasteiger partial charge in [-0.2, -0.15) is 0 Å². The number of nitrogens with zero attached hydrogens (tertiary/aromatic N) is 1. The number of carboxylic acid groups (broad SMARTS) is 2. The monoisotopic (exact) mass is 402 g/mol. The van der Waals surface area contributed by atoms with Gasteiger partial charge in [-0.25, -0.2) is 14.4 Å². The molecule has 1 fully saturated rings. The Bertz CT molecular complexity index is 413. The Balaban J connectivity index is 0.00000105. The molecule has 8 heteroatoms. The van der Waals surface area contributed by atoms with E-state index in [1.165, 1.54) is 64.5 Å². The number of unbranched alkanes of at least 4 members (excludes halogenated alkanes) is 6. The van der Waals surface area contributed by atoms with Gasteiger partial charge in [0.25, 0.3) is 0 Å². The number of carbonyl (C=O) groups excluding carboxylic acids is 1. The third kappa shape index (κ3) is 17.6. The van der Waals surface area contributed by atoms with E-state index in [2.05, 4.69) is 17.1 Å². The predicted octanol–water partition coefficient (Wildman–Crippen LogP) is 3.49. The Morgan fingerprint density at radius 1 is 0.857 bits per heavy atom. The summed E-state index contributed by atoms with van der Waals surface area (Å²) < 4.78 is 5.21. The van der Waals surface area contributed by atoms with Gasteiger partial charge in [0.05, 0.1) is 6.61 Å². The molecule has 1 rings (SSSR count). The normalized spacial score (nSPS) is 13.9. The van der Waals surface area contributed by atoms with Gasteiger partial charge in [-0.15, -0.1) is 0 Å². The molecular weight excluding hydrogens is 364 g/mol. The highest BCUT2D eigenvalue weighted by Gasteiger charge is 2.09. The van der Waals surface area contributed by atoms with Crippen LogP contribution in [0.5, 0.6) is 0 Å². The lowest BCUT2D eigenvalue weighted by atomic mass is 10.1. The number of hydrogen-bond acceptors (Lipinski definition) is 5. The number of alkyl carbamates (subject to hydrolysis) is 1. The first-order chi connectivity index (χ1) is 13.5. The van der Waals surface area contributed by atoms with Crippen LogP contribution in [0.3, 0.4) is 0 Å². The van der Waals surface area contributed by atoms with Crippen LogP contribution in [0.4, 0.5) is 4.79 Å². The summed E-state index contributed by atoms with van der Waals surface area (Å²) >= 11 is 0. The average Bonchev–Trinajstić information content (AvgIpc) is 2.68. The quantitative estimate of drug-likeness (QED) is 0.338. The molecule has 0 atom stereocenters. The zero-order valence-electron chi connectivity index (χ0n) is 17.3. The van der Waals surface area contributed by atoms with Gasteiger partial charge in [-0.05, 0) is 51.7 Å². The van der Waals surface area contributed by atoms with Crippen molar-refractivity contribution in [2.24, 2.45) is 0 Å². The van der Waals surface area contributed by atoms with E-state index in [9.17, 15) is 4.79 Å². The van der Waals surface area contributed by atoms with Gasteiger partial charge < -0.3 is 25.2 Å². The van der Waals surface area contributed by atoms with Crippen molar-refractivity contribution in [2.45, 2.75) is 77.6 Å². The maximum absolute atomic E-state index is 11.5. The number of aliphatic carboxylic acids is 2. The van der Waals surface area contributed by atoms with E-state index in [1.54, 1.807) is 0 Å². The molecule has 0 aromatic rings. The van der Waals surface area contributed by atoms with Crippen molar-refractivity contribution in [3.63, 3.8) is 0 Å². The Morgan fingerprint density at radius 2 is 1.46 bits per heavy atom. The third-order valence-electron chi connectivity index (χ3n) is 4.53. The summed E-state index contributed by atoms with van der Waals surface area (Å²) in [5, 5.41) is 17.6. The van der Waals surface area contributed by atoms with Gasteiger partial charge in [-0.3, -0.25) is 0 Å². The minimum atomic E-state index is -1.82. The molecule has 164 valence electrons. The summed E-state index contributed by atoms with van der Waals surface area (Å²) in [7, 11) is 0. The van der Waals surface area contributed by atoms with E-state index < -0.39 is 11.9 Å². The second-order valence-electron chi connectivity index (χ2n) is 7.05. The van der Waals surface area contributed by atoms with E-state index in [4.69, 9.17) is 24.5 Å². The van der Waals surface area contributed by atoms with Crippen molar-refractivity contribution in [1.82, 2.24) is 10.2 Å². The molecule has 0 spiro atoms. The van der Waals surface area contributed by atoms with Crippen LogP contribution in [-0.2, 0) is 14.3 Å². The summed E-state index contributed by atoms with van der Waals surface area (Å²) in [6.45, 7) is 7.18. The lowest BCUT2D eigenvalue weighted by Crippen LogP contribution is -2.30. The van der Waals surface area contributed by atoms with E-state index >= 15 is 0 Å². The molecule has 28 heavy (non-hydrogen) atoms.